The van der Waals surface area contributed by atoms with Crippen LogP contribution in [-0.2, 0) is 23.8 Å². The SMILES string of the molecule is CCCCCCCCCCCCCCCCCCCC(=O)O[C@@H](CO)COC(=O)CCC/C=C\C/C=C\C/C=C\CC1OC1CCCCC. The lowest BCUT2D eigenvalue weighted by Gasteiger charge is -2.15. The molecule has 0 aromatic heterocycles. The Morgan fingerprint density at radius 3 is 1.65 bits per heavy atom. The third-order valence-corrected chi connectivity index (χ3v) is 9.36. The Bertz CT molecular complexity index is 849. The van der Waals surface area contributed by atoms with Crippen LogP contribution >= 0.6 is 0 Å². The molecule has 0 aliphatic carbocycles. The van der Waals surface area contributed by atoms with E-state index in [-0.39, 0.29) is 25.2 Å². The molecule has 1 heterocycles. The van der Waals surface area contributed by atoms with Crippen molar-refractivity contribution in [2.24, 2.45) is 0 Å². The average Bonchev–Trinajstić information content (AvgIpc) is 3.86. The maximum absolute atomic E-state index is 12.2. The van der Waals surface area contributed by atoms with Gasteiger partial charge in [0, 0.05) is 12.8 Å². The van der Waals surface area contributed by atoms with E-state index in [9.17, 15) is 14.7 Å². The summed E-state index contributed by atoms with van der Waals surface area (Å²) in [5.74, 6) is -0.656. The molecule has 0 radical (unpaired) electrons. The molecule has 1 aliphatic rings. The van der Waals surface area contributed by atoms with Gasteiger partial charge in [0.2, 0.25) is 0 Å². The quantitative estimate of drug-likeness (QED) is 0.0305. The average molecular weight is 689 g/mol. The normalized spacial score (nSPS) is 16.6. The lowest BCUT2D eigenvalue weighted by atomic mass is 10.0. The predicted octanol–water partition coefficient (Wildman–Crippen LogP) is 11.8. The van der Waals surface area contributed by atoms with E-state index in [4.69, 9.17) is 14.2 Å². The molecule has 1 aliphatic heterocycles. The van der Waals surface area contributed by atoms with Crippen LogP contribution in [0.2, 0.25) is 0 Å². The standard InChI is InChI=1S/C43H76O6/c1-3-5-7-8-9-10-11-12-13-14-15-16-17-22-25-28-32-36-43(46)48-39(37-44)38-47-42(45)35-31-27-24-21-19-18-20-23-26-30-34-41-40(49-41)33-29-6-4-2/h18,20-21,24,26,30,39-41,44H,3-17,19,22-23,25,27-29,31-38H2,1-2H3/b20-18-,24-21-,30-26-/t39-,40?,41?/m0/s1. The maximum atomic E-state index is 12.2. The summed E-state index contributed by atoms with van der Waals surface area (Å²) in [4.78, 5) is 24.3. The van der Waals surface area contributed by atoms with E-state index >= 15 is 0 Å². The van der Waals surface area contributed by atoms with Crippen LogP contribution in [0, 0.1) is 0 Å². The predicted molar refractivity (Wildman–Crippen MR) is 205 cm³/mol. The van der Waals surface area contributed by atoms with Gasteiger partial charge < -0.3 is 19.3 Å². The molecule has 1 saturated heterocycles. The largest absolute Gasteiger partial charge is 0.462 e. The number of allylic oxidation sites excluding steroid dienone is 5. The molecule has 1 N–H and O–H groups in total. The monoisotopic (exact) mass is 689 g/mol. The van der Waals surface area contributed by atoms with E-state index in [2.05, 4.69) is 50.3 Å². The molecule has 1 fully saturated rings. The number of rotatable bonds is 36. The van der Waals surface area contributed by atoms with E-state index in [1.807, 2.05) is 0 Å². The van der Waals surface area contributed by atoms with Crippen molar-refractivity contribution in [2.75, 3.05) is 13.2 Å². The van der Waals surface area contributed by atoms with Crippen LogP contribution in [0.15, 0.2) is 36.5 Å². The number of aliphatic hydroxyl groups excluding tert-OH is 1. The zero-order valence-corrected chi connectivity index (χ0v) is 31.9. The molecule has 6 heteroatoms. The number of ether oxygens (including phenoxy) is 3. The minimum atomic E-state index is -0.793. The highest BCUT2D eigenvalue weighted by atomic mass is 16.6. The summed E-state index contributed by atoms with van der Waals surface area (Å²) >= 11 is 0. The third kappa shape index (κ3) is 30.6. The van der Waals surface area contributed by atoms with E-state index in [1.165, 1.54) is 116 Å². The Morgan fingerprint density at radius 2 is 1.08 bits per heavy atom. The second kappa shape index (κ2) is 34.5. The second-order valence-corrected chi connectivity index (χ2v) is 14.1. The molecule has 0 saturated carbocycles. The number of carbonyl (C=O) groups excluding carboxylic acids is 2. The number of hydrogen-bond acceptors (Lipinski definition) is 6. The zero-order chi connectivity index (χ0) is 35.5. The van der Waals surface area contributed by atoms with Crippen LogP contribution < -0.4 is 0 Å². The molecular formula is C43H76O6. The summed E-state index contributed by atoms with van der Waals surface area (Å²) in [6, 6.07) is 0. The first-order chi connectivity index (χ1) is 24.1. The number of aliphatic hydroxyl groups is 1. The number of esters is 2. The van der Waals surface area contributed by atoms with Gasteiger partial charge in [0.05, 0.1) is 18.8 Å². The van der Waals surface area contributed by atoms with Crippen molar-refractivity contribution < 1.29 is 28.9 Å². The maximum Gasteiger partial charge on any atom is 0.306 e. The lowest BCUT2D eigenvalue weighted by molar-refractivity contribution is -0.161. The molecule has 3 atom stereocenters. The topological polar surface area (TPSA) is 85.4 Å². The molecule has 2 unspecified atom stereocenters. The first kappa shape index (κ1) is 45.1. The number of carbonyl (C=O) groups is 2. The summed E-state index contributed by atoms with van der Waals surface area (Å²) < 4.78 is 16.3. The molecule has 0 aromatic rings. The summed E-state index contributed by atoms with van der Waals surface area (Å²) in [6.07, 6.45) is 45.3. The zero-order valence-electron chi connectivity index (χ0n) is 31.9. The highest BCUT2D eigenvalue weighted by molar-refractivity contribution is 5.70. The third-order valence-electron chi connectivity index (χ3n) is 9.36. The Labute approximate surface area is 301 Å². The molecule has 0 amide bonds. The van der Waals surface area contributed by atoms with Crippen molar-refractivity contribution in [1.82, 2.24) is 0 Å². The molecule has 0 bridgehead atoms. The van der Waals surface area contributed by atoms with Gasteiger partial charge in [0.1, 0.15) is 6.61 Å². The first-order valence-corrected chi connectivity index (χ1v) is 20.7. The fourth-order valence-corrected chi connectivity index (χ4v) is 6.11. The minimum Gasteiger partial charge on any atom is -0.462 e. The smallest absolute Gasteiger partial charge is 0.306 e. The van der Waals surface area contributed by atoms with Gasteiger partial charge in [-0.25, -0.2) is 0 Å². The Balaban J connectivity index is 1.89. The highest BCUT2D eigenvalue weighted by Gasteiger charge is 2.36. The van der Waals surface area contributed by atoms with E-state index in [1.54, 1.807) is 0 Å². The van der Waals surface area contributed by atoms with Crippen molar-refractivity contribution in [3.05, 3.63) is 36.5 Å². The summed E-state index contributed by atoms with van der Waals surface area (Å²) in [5.41, 5.74) is 0. The van der Waals surface area contributed by atoms with Gasteiger partial charge >= 0.3 is 11.9 Å². The van der Waals surface area contributed by atoms with Crippen LogP contribution in [0.5, 0.6) is 0 Å². The van der Waals surface area contributed by atoms with Crippen molar-refractivity contribution in [3.8, 4) is 0 Å². The van der Waals surface area contributed by atoms with Gasteiger partial charge in [-0.15, -0.1) is 0 Å². The van der Waals surface area contributed by atoms with Gasteiger partial charge in [-0.05, 0) is 44.9 Å². The molecule has 1 rings (SSSR count). The van der Waals surface area contributed by atoms with Crippen LogP contribution in [0.3, 0.4) is 0 Å². The Morgan fingerprint density at radius 1 is 0.592 bits per heavy atom. The molecule has 6 nitrogen and oxygen atoms in total. The van der Waals surface area contributed by atoms with E-state index in [0.717, 1.165) is 44.9 Å². The van der Waals surface area contributed by atoms with Crippen molar-refractivity contribution >= 4 is 11.9 Å². The van der Waals surface area contributed by atoms with Crippen LogP contribution in [0.1, 0.15) is 194 Å². The fraction of sp³-hybridized carbons (Fsp3) is 0.814. The van der Waals surface area contributed by atoms with Crippen LogP contribution in [0.4, 0.5) is 0 Å². The van der Waals surface area contributed by atoms with Crippen LogP contribution in [0.25, 0.3) is 0 Å². The molecule has 284 valence electrons. The number of unbranched alkanes of at least 4 members (excludes halogenated alkanes) is 19. The fourth-order valence-electron chi connectivity index (χ4n) is 6.11. The van der Waals surface area contributed by atoms with Crippen molar-refractivity contribution in [2.45, 2.75) is 212 Å². The number of epoxide rings is 1. The van der Waals surface area contributed by atoms with Gasteiger partial charge in [0.25, 0.3) is 0 Å². The summed E-state index contributed by atoms with van der Waals surface area (Å²) in [6.45, 7) is 4.06. The van der Waals surface area contributed by atoms with E-state index in [0.29, 0.717) is 31.5 Å². The Kier molecular flexibility index (Phi) is 31.8. The van der Waals surface area contributed by atoms with Gasteiger partial charge in [-0.2, -0.15) is 0 Å². The summed E-state index contributed by atoms with van der Waals surface area (Å²) in [5, 5.41) is 9.56. The van der Waals surface area contributed by atoms with Crippen molar-refractivity contribution in [3.63, 3.8) is 0 Å². The first-order valence-electron chi connectivity index (χ1n) is 20.7. The molecular weight excluding hydrogens is 612 g/mol. The highest BCUT2D eigenvalue weighted by Crippen LogP contribution is 2.30. The second-order valence-electron chi connectivity index (χ2n) is 14.1. The van der Waals surface area contributed by atoms with E-state index < -0.39 is 6.10 Å². The molecule has 0 aromatic carbocycles. The molecule has 0 spiro atoms. The van der Waals surface area contributed by atoms with Gasteiger partial charge in [-0.1, -0.05) is 172 Å². The minimum absolute atomic E-state index is 0.0948. The Hall–Kier alpha value is -1.92. The lowest BCUT2D eigenvalue weighted by Crippen LogP contribution is -2.28. The van der Waals surface area contributed by atoms with Gasteiger partial charge in [-0.3, -0.25) is 9.59 Å². The number of hydrogen-bond donors (Lipinski definition) is 1. The van der Waals surface area contributed by atoms with Gasteiger partial charge in [0.15, 0.2) is 6.10 Å². The summed E-state index contributed by atoms with van der Waals surface area (Å²) in [7, 11) is 0. The molecule has 49 heavy (non-hydrogen) atoms. The van der Waals surface area contributed by atoms with Crippen molar-refractivity contribution in [1.29, 1.82) is 0 Å². The van der Waals surface area contributed by atoms with Crippen LogP contribution in [-0.4, -0.2) is 48.6 Å².